The number of aliphatic carboxylic acids is 1. The number of rotatable bonds is 10. The van der Waals surface area contributed by atoms with Crippen LogP contribution in [0.15, 0.2) is 12.2 Å². The summed E-state index contributed by atoms with van der Waals surface area (Å²) < 4.78 is 0. The van der Waals surface area contributed by atoms with Crippen LogP contribution in [0.3, 0.4) is 0 Å². The molecule has 0 amide bonds. The second-order valence-electron chi connectivity index (χ2n) is 8.57. The van der Waals surface area contributed by atoms with Gasteiger partial charge < -0.3 is 5.11 Å². The average molecular weight is 365 g/mol. The molecule has 0 aliphatic heterocycles. The first-order chi connectivity index (χ1) is 12.2. The summed E-state index contributed by atoms with van der Waals surface area (Å²) in [6.45, 7) is 0. The fourth-order valence-electron chi connectivity index (χ4n) is 5.69. The van der Waals surface area contributed by atoms with E-state index in [0.717, 1.165) is 41.8 Å². The fraction of sp³-hybridized carbons (Fsp3) is 0.864. The molecule has 1 N–H and O–H groups in total. The number of allylic oxidation sites excluding steroid dienone is 2. The first kappa shape index (κ1) is 19.3. The maximum absolute atomic E-state index is 10.6. The zero-order chi connectivity index (χ0) is 17.5. The van der Waals surface area contributed by atoms with Crippen LogP contribution in [0.5, 0.6) is 0 Å². The fourth-order valence-corrected chi connectivity index (χ4v) is 7.10. The molecule has 0 aromatic carbocycles. The number of carboxylic acid groups (broad SMARTS) is 1. The Morgan fingerprint density at radius 1 is 1.00 bits per heavy atom. The SMILES string of the molecule is O=C(O)CCC/C=C\C[C@H]1[C@H]2CC[C@H](C2)[C@H]1CCSC1CCCCC1. The van der Waals surface area contributed by atoms with E-state index in [1.807, 2.05) is 0 Å². The van der Waals surface area contributed by atoms with Crippen molar-refractivity contribution in [2.75, 3.05) is 5.75 Å². The predicted octanol–water partition coefficient (Wildman–Crippen LogP) is 6.31. The lowest BCUT2D eigenvalue weighted by molar-refractivity contribution is -0.137. The number of carboxylic acids is 1. The van der Waals surface area contributed by atoms with Crippen LogP contribution in [-0.4, -0.2) is 22.1 Å². The minimum Gasteiger partial charge on any atom is -0.481 e. The zero-order valence-electron chi connectivity index (χ0n) is 15.7. The van der Waals surface area contributed by atoms with E-state index in [9.17, 15) is 4.79 Å². The molecular formula is C22H36O2S. The number of unbranched alkanes of at least 4 members (excludes halogenated alkanes) is 1. The summed E-state index contributed by atoms with van der Waals surface area (Å²) in [4.78, 5) is 10.6. The van der Waals surface area contributed by atoms with Gasteiger partial charge in [0.15, 0.2) is 0 Å². The van der Waals surface area contributed by atoms with E-state index in [-0.39, 0.29) is 0 Å². The molecule has 0 heterocycles. The Labute approximate surface area is 158 Å². The highest BCUT2D eigenvalue weighted by Crippen LogP contribution is 2.55. The molecule has 3 fully saturated rings. The Hall–Kier alpha value is -0.440. The van der Waals surface area contributed by atoms with Gasteiger partial charge in [0.05, 0.1) is 0 Å². The minimum atomic E-state index is -0.669. The van der Waals surface area contributed by atoms with Gasteiger partial charge in [-0.15, -0.1) is 0 Å². The van der Waals surface area contributed by atoms with Crippen LogP contribution in [0, 0.1) is 23.7 Å². The molecule has 2 nitrogen and oxygen atoms in total. The van der Waals surface area contributed by atoms with E-state index in [1.54, 1.807) is 0 Å². The van der Waals surface area contributed by atoms with Crippen molar-refractivity contribution in [3.05, 3.63) is 12.2 Å². The van der Waals surface area contributed by atoms with Gasteiger partial charge in [-0.2, -0.15) is 11.8 Å². The molecule has 0 radical (unpaired) electrons. The number of thioether (sulfide) groups is 1. The highest BCUT2D eigenvalue weighted by atomic mass is 32.2. The van der Waals surface area contributed by atoms with Crippen LogP contribution < -0.4 is 0 Å². The maximum atomic E-state index is 10.6. The van der Waals surface area contributed by atoms with Gasteiger partial charge in [-0.25, -0.2) is 0 Å². The summed E-state index contributed by atoms with van der Waals surface area (Å²) in [7, 11) is 0. The van der Waals surface area contributed by atoms with Crippen molar-refractivity contribution >= 4 is 17.7 Å². The first-order valence-corrected chi connectivity index (χ1v) is 11.8. The van der Waals surface area contributed by atoms with E-state index in [2.05, 4.69) is 23.9 Å². The molecule has 25 heavy (non-hydrogen) atoms. The first-order valence-electron chi connectivity index (χ1n) is 10.7. The van der Waals surface area contributed by atoms with E-state index in [1.165, 1.54) is 70.0 Å². The van der Waals surface area contributed by atoms with E-state index < -0.39 is 5.97 Å². The highest BCUT2D eigenvalue weighted by Gasteiger charge is 2.46. The molecule has 0 aromatic heterocycles. The number of hydrogen-bond acceptors (Lipinski definition) is 2. The second-order valence-corrected chi connectivity index (χ2v) is 9.98. The van der Waals surface area contributed by atoms with Crippen molar-refractivity contribution in [3.8, 4) is 0 Å². The summed E-state index contributed by atoms with van der Waals surface area (Å²) in [5.74, 6) is 4.61. The molecule has 4 atom stereocenters. The van der Waals surface area contributed by atoms with E-state index >= 15 is 0 Å². The third-order valence-corrected chi connectivity index (χ3v) is 8.38. The summed E-state index contributed by atoms with van der Waals surface area (Å²) in [6.07, 6.45) is 21.1. The van der Waals surface area contributed by atoms with Gasteiger partial charge in [0.1, 0.15) is 0 Å². The molecule has 3 aliphatic rings. The van der Waals surface area contributed by atoms with Crippen LogP contribution in [0.2, 0.25) is 0 Å². The van der Waals surface area contributed by atoms with Crippen molar-refractivity contribution in [2.45, 2.75) is 88.7 Å². The van der Waals surface area contributed by atoms with Gasteiger partial charge in [0.2, 0.25) is 0 Å². The minimum absolute atomic E-state index is 0.305. The Morgan fingerprint density at radius 2 is 1.76 bits per heavy atom. The van der Waals surface area contributed by atoms with Crippen molar-refractivity contribution in [3.63, 3.8) is 0 Å². The lowest BCUT2D eigenvalue weighted by atomic mass is 9.76. The van der Waals surface area contributed by atoms with Crippen molar-refractivity contribution in [1.29, 1.82) is 0 Å². The maximum Gasteiger partial charge on any atom is 0.303 e. The standard InChI is InChI=1S/C22H36O2S/c23-22(24)11-7-2-1-6-10-20-17-12-13-18(16-17)21(20)14-15-25-19-8-4-3-5-9-19/h1,6,17-21H,2-5,7-16H2,(H,23,24)/b6-1-/t17-,18+,20-,21+/m0/s1. The molecule has 3 heteroatoms. The van der Waals surface area contributed by atoms with Gasteiger partial charge in [0.25, 0.3) is 0 Å². The summed E-state index contributed by atoms with van der Waals surface area (Å²) >= 11 is 2.28. The summed E-state index contributed by atoms with van der Waals surface area (Å²) in [5, 5.41) is 9.66. The van der Waals surface area contributed by atoms with Gasteiger partial charge in [0, 0.05) is 11.7 Å². The van der Waals surface area contributed by atoms with E-state index in [0.29, 0.717) is 6.42 Å². The molecule has 3 aliphatic carbocycles. The van der Waals surface area contributed by atoms with Crippen LogP contribution in [0.25, 0.3) is 0 Å². The number of fused-ring (bicyclic) bond motifs is 2. The molecular weight excluding hydrogens is 328 g/mol. The lowest BCUT2D eigenvalue weighted by Crippen LogP contribution is -2.23. The predicted molar refractivity (Wildman–Crippen MR) is 107 cm³/mol. The van der Waals surface area contributed by atoms with Gasteiger partial charge >= 0.3 is 5.97 Å². The third kappa shape index (κ3) is 5.77. The Balaban J connectivity index is 1.38. The molecule has 0 saturated heterocycles. The van der Waals surface area contributed by atoms with Crippen molar-refractivity contribution in [2.24, 2.45) is 23.7 Å². The van der Waals surface area contributed by atoms with E-state index in [4.69, 9.17) is 5.11 Å². The largest absolute Gasteiger partial charge is 0.481 e. The molecule has 0 unspecified atom stereocenters. The monoisotopic (exact) mass is 364 g/mol. The zero-order valence-corrected chi connectivity index (χ0v) is 16.5. The topological polar surface area (TPSA) is 37.3 Å². The van der Waals surface area contributed by atoms with Crippen molar-refractivity contribution < 1.29 is 9.90 Å². The van der Waals surface area contributed by atoms with Crippen LogP contribution in [0.4, 0.5) is 0 Å². The number of hydrogen-bond donors (Lipinski definition) is 1. The molecule has 0 spiro atoms. The van der Waals surface area contributed by atoms with Crippen LogP contribution in [-0.2, 0) is 4.79 Å². The highest BCUT2D eigenvalue weighted by molar-refractivity contribution is 7.99. The smallest absolute Gasteiger partial charge is 0.303 e. The molecule has 3 saturated carbocycles. The quantitative estimate of drug-likeness (QED) is 0.365. The Morgan fingerprint density at radius 3 is 2.52 bits per heavy atom. The number of carbonyl (C=O) groups is 1. The van der Waals surface area contributed by atoms with Crippen LogP contribution >= 0.6 is 11.8 Å². The van der Waals surface area contributed by atoms with Crippen molar-refractivity contribution in [1.82, 2.24) is 0 Å². The lowest BCUT2D eigenvalue weighted by Gasteiger charge is -2.31. The average Bonchev–Trinajstić information content (AvgIpc) is 3.21. The second kappa shape index (κ2) is 10.0. The Kier molecular flexibility index (Phi) is 7.76. The Bertz CT molecular complexity index is 441. The molecule has 0 aromatic rings. The molecule has 2 bridgehead atoms. The summed E-state index contributed by atoms with van der Waals surface area (Å²) in [5.41, 5.74) is 0. The molecule has 3 rings (SSSR count). The normalized spacial score (nSPS) is 32.6. The van der Waals surface area contributed by atoms with Crippen LogP contribution in [0.1, 0.15) is 83.5 Å². The van der Waals surface area contributed by atoms with Gasteiger partial charge in [-0.1, -0.05) is 31.4 Å². The van der Waals surface area contributed by atoms with Gasteiger partial charge in [-0.05, 0) is 87.2 Å². The summed E-state index contributed by atoms with van der Waals surface area (Å²) in [6, 6.07) is 0. The molecule has 142 valence electrons. The third-order valence-electron chi connectivity index (χ3n) is 6.97. The van der Waals surface area contributed by atoms with Gasteiger partial charge in [-0.3, -0.25) is 4.79 Å².